The molecule has 0 radical (unpaired) electrons. The number of ether oxygens (including phenoxy) is 3. The van der Waals surface area contributed by atoms with Crippen LogP contribution in [0.1, 0.15) is 28.7 Å². The van der Waals surface area contributed by atoms with Crippen molar-refractivity contribution in [2.24, 2.45) is 0 Å². The van der Waals surface area contributed by atoms with E-state index in [-0.39, 0.29) is 18.5 Å². The summed E-state index contributed by atoms with van der Waals surface area (Å²) in [6.07, 6.45) is 1.25. The zero-order chi connectivity index (χ0) is 28.9. The van der Waals surface area contributed by atoms with Crippen molar-refractivity contribution >= 4 is 44.9 Å². The molecule has 2 aromatic carbocycles. The second kappa shape index (κ2) is 16.2. The highest BCUT2D eigenvalue weighted by Gasteiger charge is 2.23. The summed E-state index contributed by atoms with van der Waals surface area (Å²) in [5.74, 6) is 1.19. The molecule has 216 valence electrons. The molecule has 3 rings (SSSR count). The van der Waals surface area contributed by atoms with Crippen LogP contribution in [-0.4, -0.2) is 68.8 Å². The number of nitrogens with zero attached hydrogens (tertiary/aromatic N) is 2. The molecule has 1 N–H and O–H groups in total. The molecule has 0 saturated carbocycles. The molecule has 0 saturated heterocycles. The summed E-state index contributed by atoms with van der Waals surface area (Å²) in [5, 5.41) is 2.93. The lowest BCUT2D eigenvalue weighted by atomic mass is 10.1. The number of hydrogen-bond acceptors (Lipinski definition) is 6. The number of urea groups is 1. The van der Waals surface area contributed by atoms with Crippen LogP contribution >= 0.6 is 27.3 Å². The molecule has 0 spiro atoms. The lowest BCUT2D eigenvalue weighted by Crippen LogP contribution is -2.45. The summed E-state index contributed by atoms with van der Waals surface area (Å²) in [6.45, 7) is 6.42. The van der Waals surface area contributed by atoms with Gasteiger partial charge in [0.15, 0.2) is 11.5 Å². The largest absolute Gasteiger partial charge is 0.493 e. The molecule has 8 nitrogen and oxygen atoms in total. The molecule has 1 aromatic heterocycles. The Hall–Kier alpha value is -3.08. The summed E-state index contributed by atoms with van der Waals surface area (Å²) in [6, 6.07) is 17.0. The molecule has 10 heteroatoms. The average Bonchev–Trinajstić information content (AvgIpc) is 3.37. The molecule has 40 heavy (non-hydrogen) atoms. The number of amides is 3. The van der Waals surface area contributed by atoms with Crippen molar-refractivity contribution in [3.8, 4) is 11.5 Å². The van der Waals surface area contributed by atoms with Crippen LogP contribution in [0.5, 0.6) is 11.5 Å². The predicted octanol–water partition coefficient (Wildman–Crippen LogP) is 6.37. The molecular formula is C30H38BrN3O5S. The fourth-order valence-electron chi connectivity index (χ4n) is 4.12. The zero-order valence-corrected chi connectivity index (χ0v) is 26.0. The first-order valence-electron chi connectivity index (χ1n) is 13.3. The molecule has 3 aromatic rings. The predicted molar refractivity (Wildman–Crippen MR) is 164 cm³/mol. The molecule has 0 atom stereocenters. The number of aryl methyl sites for hydroxylation is 1. The van der Waals surface area contributed by atoms with Crippen LogP contribution in [0.15, 0.2) is 59.1 Å². The van der Waals surface area contributed by atoms with E-state index in [1.807, 2.05) is 54.3 Å². The van der Waals surface area contributed by atoms with Crippen molar-refractivity contribution in [2.75, 3.05) is 52.4 Å². The molecule has 0 aliphatic carbocycles. The Morgan fingerprint density at radius 1 is 0.975 bits per heavy atom. The van der Waals surface area contributed by atoms with Gasteiger partial charge in [0.05, 0.1) is 26.5 Å². The molecule has 0 fully saturated rings. The van der Waals surface area contributed by atoms with Gasteiger partial charge in [-0.05, 0) is 84.6 Å². The van der Waals surface area contributed by atoms with Gasteiger partial charge in [-0.3, -0.25) is 4.79 Å². The number of para-hydroxylation sites is 1. The van der Waals surface area contributed by atoms with E-state index in [9.17, 15) is 9.59 Å². The minimum Gasteiger partial charge on any atom is -0.493 e. The zero-order valence-electron chi connectivity index (χ0n) is 23.6. The molecule has 3 amide bonds. The monoisotopic (exact) mass is 631 g/mol. The van der Waals surface area contributed by atoms with Gasteiger partial charge < -0.3 is 29.3 Å². The Kier molecular flexibility index (Phi) is 12.8. The number of thiophene rings is 1. The minimum absolute atomic E-state index is 0.0430. The maximum atomic E-state index is 13.7. The Labute approximate surface area is 249 Å². The fraction of sp³-hybridized carbons (Fsp3) is 0.400. The summed E-state index contributed by atoms with van der Waals surface area (Å²) < 4.78 is 17.1. The standard InChI is InChI=1S/C30H38BrN3O5S/c1-5-39-18-8-16-34(30(36)32-26-10-7-6-9-25(26)31)21-29(35)33(20-24-13-11-22(2)40-24)17-15-23-12-14-27(37-3)28(19-23)38-4/h6-7,9-14,19H,5,8,15-18,20-21H2,1-4H3,(H,32,36). The maximum absolute atomic E-state index is 13.7. The summed E-state index contributed by atoms with van der Waals surface area (Å²) in [4.78, 5) is 32.7. The van der Waals surface area contributed by atoms with E-state index in [0.717, 1.165) is 14.9 Å². The van der Waals surface area contributed by atoms with Gasteiger partial charge >= 0.3 is 6.03 Å². The van der Waals surface area contributed by atoms with Gasteiger partial charge in [-0.25, -0.2) is 4.79 Å². The maximum Gasteiger partial charge on any atom is 0.322 e. The summed E-state index contributed by atoms with van der Waals surface area (Å²) in [5.41, 5.74) is 1.67. The molecule has 1 heterocycles. The van der Waals surface area contributed by atoms with Crippen molar-refractivity contribution in [1.82, 2.24) is 9.80 Å². The van der Waals surface area contributed by atoms with Crippen molar-refractivity contribution in [1.29, 1.82) is 0 Å². The first-order valence-corrected chi connectivity index (χ1v) is 14.9. The molecule has 0 aliphatic heterocycles. The fourth-order valence-corrected chi connectivity index (χ4v) is 5.41. The van der Waals surface area contributed by atoms with Crippen LogP contribution in [0, 0.1) is 6.92 Å². The SMILES string of the molecule is CCOCCCN(CC(=O)N(CCc1ccc(OC)c(OC)c1)Cc1ccc(C)s1)C(=O)Nc1ccccc1Br. The number of carbonyl (C=O) groups is 2. The smallest absolute Gasteiger partial charge is 0.322 e. The normalized spacial score (nSPS) is 10.7. The number of nitrogens with one attached hydrogen (secondary N) is 1. The third kappa shape index (κ3) is 9.53. The minimum atomic E-state index is -0.330. The van der Waals surface area contributed by atoms with Crippen LogP contribution in [-0.2, 0) is 22.5 Å². The van der Waals surface area contributed by atoms with Crippen LogP contribution in [0.4, 0.5) is 10.5 Å². The number of hydrogen-bond donors (Lipinski definition) is 1. The van der Waals surface area contributed by atoms with Gasteiger partial charge in [0.1, 0.15) is 6.54 Å². The highest BCUT2D eigenvalue weighted by Crippen LogP contribution is 2.28. The van der Waals surface area contributed by atoms with E-state index in [1.165, 1.54) is 4.88 Å². The van der Waals surface area contributed by atoms with Gasteiger partial charge in [-0.15, -0.1) is 11.3 Å². The van der Waals surface area contributed by atoms with Crippen LogP contribution in [0.3, 0.4) is 0 Å². The number of rotatable bonds is 15. The van der Waals surface area contributed by atoms with Crippen molar-refractivity contribution in [3.05, 3.63) is 74.4 Å². The van der Waals surface area contributed by atoms with E-state index in [1.54, 1.807) is 30.5 Å². The van der Waals surface area contributed by atoms with Gasteiger partial charge in [-0.1, -0.05) is 18.2 Å². The number of benzene rings is 2. The summed E-state index contributed by atoms with van der Waals surface area (Å²) >= 11 is 5.15. The third-order valence-corrected chi connectivity index (χ3v) is 7.94. The molecule has 0 bridgehead atoms. The first kappa shape index (κ1) is 31.4. The van der Waals surface area contributed by atoms with Crippen molar-refractivity contribution < 1.29 is 23.8 Å². The number of methoxy groups -OCH3 is 2. The summed E-state index contributed by atoms with van der Waals surface area (Å²) in [7, 11) is 3.21. The van der Waals surface area contributed by atoms with Crippen molar-refractivity contribution in [2.45, 2.75) is 33.2 Å². The lowest BCUT2D eigenvalue weighted by molar-refractivity contribution is -0.132. The first-order chi connectivity index (χ1) is 19.3. The second-order valence-corrected chi connectivity index (χ2v) is 11.4. The highest BCUT2D eigenvalue weighted by molar-refractivity contribution is 9.10. The average molecular weight is 633 g/mol. The quantitative estimate of drug-likeness (QED) is 0.197. The Balaban J connectivity index is 1.77. The van der Waals surface area contributed by atoms with E-state index in [4.69, 9.17) is 14.2 Å². The van der Waals surface area contributed by atoms with E-state index < -0.39 is 0 Å². The van der Waals surface area contributed by atoms with Crippen LogP contribution in [0.2, 0.25) is 0 Å². The van der Waals surface area contributed by atoms with Crippen molar-refractivity contribution in [3.63, 3.8) is 0 Å². The van der Waals surface area contributed by atoms with E-state index >= 15 is 0 Å². The Morgan fingerprint density at radius 3 is 2.42 bits per heavy atom. The highest BCUT2D eigenvalue weighted by atomic mass is 79.9. The topological polar surface area (TPSA) is 80.3 Å². The number of halogens is 1. The van der Waals surface area contributed by atoms with Gasteiger partial charge in [0.25, 0.3) is 0 Å². The van der Waals surface area contributed by atoms with Gasteiger partial charge in [-0.2, -0.15) is 0 Å². The Bertz CT molecular complexity index is 1250. The van der Waals surface area contributed by atoms with E-state index in [2.05, 4.69) is 40.3 Å². The Morgan fingerprint density at radius 2 is 1.75 bits per heavy atom. The second-order valence-electron chi connectivity index (χ2n) is 9.15. The van der Waals surface area contributed by atoms with Crippen LogP contribution in [0.25, 0.3) is 0 Å². The number of anilines is 1. The molecule has 0 unspecified atom stereocenters. The van der Waals surface area contributed by atoms with E-state index in [0.29, 0.717) is 62.9 Å². The lowest BCUT2D eigenvalue weighted by Gasteiger charge is -2.28. The van der Waals surface area contributed by atoms with Gasteiger partial charge in [0.2, 0.25) is 5.91 Å². The number of carbonyl (C=O) groups excluding carboxylic acids is 2. The van der Waals surface area contributed by atoms with Gasteiger partial charge in [0, 0.05) is 40.5 Å². The van der Waals surface area contributed by atoms with Crippen LogP contribution < -0.4 is 14.8 Å². The third-order valence-electron chi connectivity index (χ3n) is 6.26. The molecule has 0 aliphatic rings. The molecular weight excluding hydrogens is 594 g/mol.